The monoisotopic (exact) mass is 427 g/mol. The molecule has 0 N–H and O–H groups in total. The summed E-state index contributed by atoms with van der Waals surface area (Å²) in [4.78, 5) is 28.2. The SMILES string of the molecule is CC(C)(C)CC(=O)CCN1[C@@H]2CC[C@H]1CC(CC(=O)CC13CC4CC(CC(C4)C1)C3)C2. The molecule has 6 aliphatic rings. The smallest absolute Gasteiger partial charge is 0.134 e. The Hall–Kier alpha value is -0.700. The summed E-state index contributed by atoms with van der Waals surface area (Å²) >= 11 is 0. The van der Waals surface area contributed by atoms with Gasteiger partial charge in [0.15, 0.2) is 0 Å². The normalized spacial score (nSPS) is 41.6. The molecule has 1 unspecified atom stereocenters. The molecule has 0 aromatic carbocycles. The molecule has 2 aliphatic heterocycles. The van der Waals surface area contributed by atoms with Crippen molar-refractivity contribution in [3.8, 4) is 0 Å². The molecule has 0 amide bonds. The van der Waals surface area contributed by atoms with Crippen molar-refractivity contribution >= 4 is 11.6 Å². The van der Waals surface area contributed by atoms with E-state index < -0.39 is 0 Å². The molecule has 3 atom stereocenters. The Bertz CT molecular complexity index is 655. The van der Waals surface area contributed by atoms with Crippen LogP contribution >= 0.6 is 0 Å². The fourth-order valence-corrected chi connectivity index (χ4v) is 9.17. The third-order valence-electron chi connectivity index (χ3n) is 9.61. The Kier molecular flexibility index (Phi) is 5.89. The number of hydrogen-bond acceptors (Lipinski definition) is 3. The number of carbonyl (C=O) groups is 2. The van der Waals surface area contributed by atoms with Gasteiger partial charge in [-0.15, -0.1) is 0 Å². The Balaban J connectivity index is 1.10. The zero-order chi connectivity index (χ0) is 21.8. The van der Waals surface area contributed by atoms with Crippen LogP contribution in [0.4, 0.5) is 0 Å². The average molecular weight is 428 g/mol. The molecule has 0 aromatic heterocycles. The first-order valence-electron chi connectivity index (χ1n) is 13.5. The van der Waals surface area contributed by atoms with Gasteiger partial charge in [0.25, 0.3) is 0 Å². The zero-order valence-corrected chi connectivity index (χ0v) is 20.3. The molecule has 3 nitrogen and oxygen atoms in total. The molecule has 0 aromatic rings. The summed E-state index contributed by atoms with van der Waals surface area (Å²) < 4.78 is 0. The van der Waals surface area contributed by atoms with E-state index in [0.717, 1.165) is 37.1 Å². The highest BCUT2D eigenvalue weighted by atomic mass is 16.1. The number of carbonyl (C=O) groups excluding carboxylic acids is 2. The first kappa shape index (κ1) is 22.1. The van der Waals surface area contributed by atoms with Crippen LogP contribution < -0.4 is 0 Å². The second kappa shape index (κ2) is 8.26. The summed E-state index contributed by atoms with van der Waals surface area (Å²) in [6, 6.07) is 1.25. The van der Waals surface area contributed by atoms with Gasteiger partial charge in [-0.3, -0.25) is 14.5 Å². The first-order valence-corrected chi connectivity index (χ1v) is 13.5. The van der Waals surface area contributed by atoms with Crippen molar-refractivity contribution in [1.29, 1.82) is 0 Å². The van der Waals surface area contributed by atoms with Crippen molar-refractivity contribution in [2.45, 2.75) is 123 Å². The molecule has 0 radical (unpaired) electrons. The molecule has 4 saturated carbocycles. The van der Waals surface area contributed by atoms with Crippen molar-refractivity contribution in [2.24, 2.45) is 34.5 Å². The molecule has 6 rings (SSSR count). The van der Waals surface area contributed by atoms with Gasteiger partial charge in [-0.1, -0.05) is 20.8 Å². The lowest BCUT2D eigenvalue weighted by Gasteiger charge is -2.56. The third kappa shape index (κ3) is 4.97. The fraction of sp³-hybridized carbons (Fsp3) is 0.929. The van der Waals surface area contributed by atoms with Crippen LogP contribution in [-0.4, -0.2) is 35.1 Å². The summed E-state index contributed by atoms with van der Waals surface area (Å²) in [5, 5.41) is 0. The Morgan fingerprint density at radius 2 is 1.39 bits per heavy atom. The van der Waals surface area contributed by atoms with Crippen molar-refractivity contribution in [3.05, 3.63) is 0 Å². The summed E-state index contributed by atoms with van der Waals surface area (Å²) in [6.07, 6.45) is 16.5. The van der Waals surface area contributed by atoms with Crippen LogP contribution in [0.1, 0.15) is 111 Å². The number of hydrogen-bond donors (Lipinski definition) is 0. The highest BCUT2D eigenvalue weighted by Gasteiger charge is 2.51. The predicted octanol–water partition coefficient (Wildman–Crippen LogP) is 6.19. The molecule has 6 bridgehead atoms. The number of fused-ring (bicyclic) bond motifs is 2. The van der Waals surface area contributed by atoms with E-state index in [2.05, 4.69) is 25.7 Å². The number of piperidine rings is 1. The standard InChI is InChI=1S/C28H45NO2/c1-27(2,3)17-25(30)6-7-29-23-4-5-24(29)12-19(11-23)13-26(31)18-28-14-20-8-21(15-28)10-22(9-20)16-28/h19-24H,4-18H2,1-3H3/t19?,20?,21?,22?,23-,24+,28?. The Morgan fingerprint density at radius 1 is 0.839 bits per heavy atom. The van der Waals surface area contributed by atoms with Gasteiger partial charge in [0.2, 0.25) is 0 Å². The highest BCUT2D eigenvalue weighted by Crippen LogP contribution is 2.61. The van der Waals surface area contributed by atoms with Crippen molar-refractivity contribution in [1.82, 2.24) is 4.90 Å². The largest absolute Gasteiger partial charge is 0.300 e. The van der Waals surface area contributed by atoms with Crippen LogP contribution in [0.5, 0.6) is 0 Å². The fourth-order valence-electron chi connectivity index (χ4n) is 9.17. The van der Waals surface area contributed by atoms with E-state index in [1.54, 1.807) is 0 Å². The minimum absolute atomic E-state index is 0.0973. The number of rotatable bonds is 8. The van der Waals surface area contributed by atoms with Crippen molar-refractivity contribution in [2.75, 3.05) is 6.54 Å². The maximum Gasteiger partial charge on any atom is 0.134 e. The summed E-state index contributed by atoms with van der Waals surface area (Å²) in [5.74, 6) is 4.43. The second-order valence-electron chi connectivity index (χ2n) is 13.8. The first-order chi connectivity index (χ1) is 14.7. The summed E-state index contributed by atoms with van der Waals surface area (Å²) in [5.41, 5.74) is 0.499. The number of Topliss-reactive ketones (excluding diaryl/α,β-unsaturated/α-hetero) is 2. The van der Waals surface area contributed by atoms with E-state index in [9.17, 15) is 9.59 Å². The van der Waals surface area contributed by atoms with Crippen LogP contribution in [0.15, 0.2) is 0 Å². The van der Waals surface area contributed by atoms with E-state index in [-0.39, 0.29) is 5.41 Å². The van der Waals surface area contributed by atoms with Crippen LogP contribution in [0, 0.1) is 34.5 Å². The molecule has 4 aliphatic carbocycles. The van der Waals surface area contributed by atoms with E-state index in [1.807, 2.05) is 0 Å². The third-order valence-corrected chi connectivity index (χ3v) is 9.61. The highest BCUT2D eigenvalue weighted by molar-refractivity contribution is 5.80. The van der Waals surface area contributed by atoms with Gasteiger partial charge in [0.1, 0.15) is 11.6 Å². The molecular weight excluding hydrogens is 382 g/mol. The van der Waals surface area contributed by atoms with Crippen LogP contribution in [0.25, 0.3) is 0 Å². The lowest BCUT2D eigenvalue weighted by Crippen LogP contribution is -2.47. The number of ketones is 2. The molecule has 2 heterocycles. The van der Waals surface area contributed by atoms with Gasteiger partial charge in [-0.2, -0.15) is 0 Å². The lowest BCUT2D eigenvalue weighted by atomic mass is 9.48. The molecule has 2 saturated heterocycles. The average Bonchev–Trinajstić information content (AvgIpc) is 2.85. The Labute approximate surface area is 190 Å². The minimum atomic E-state index is 0.0973. The molecule has 0 spiro atoms. The van der Waals surface area contributed by atoms with Crippen LogP contribution in [-0.2, 0) is 9.59 Å². The lowest BCUT2D eigenvalue weighted by molar-refractivity contribution is -0.128. The van der Waals surface area contributed by atoms with Crippen molar-refractivity contribution in [3.63, 3.8) is 0 Å². The maximum atomic E-state index is 13.2. The minimum Gasteiger partial charge on any atom is -0.300 e. The van der Waals surface area contributed by atoms with Gasteiger partial charge in [-0.05, 0) is 98.7 Å². The summed E-state index contributed by atoms with van der Waals surface area (Å²) in [7, 11) is 0. The number of nitrogens with zero attached hydrogens (tertiary/aromatic N) is 1. The molecule has 6 fully saturated rings. The van der Waals surface area contributed by atoms with Gasteiger partial charge >= 0.3 is 0 Å². The topological polar surface area (TPSA) is 37.4 Å². The van der Waals surface area contributed by atoms with Gasteiger partial charge in [-0.25, -0.2) is 0 Å². The quantitative estimate of drug-likeness (QED) is 0.463. The zero-order valence-electron chi connectivity index (χ0n) is 20.3. The molecule has 174 valence electrons. The predicted molar refractivity (Wildman–Crippen MR) is 125 cm³/mol. The Morgan fingerprint density at radius 3 is 1.90 bits per heavy atom. The molecular formula is C28H45NO2. The van der Waals surface area contributed by atoms with Gasteiger partial charge in [0, 0.05) is 44.3 Å². The van der Waals surface area contributed by atoms with Crippen molar-refractivity contribution < 1.29 is 9.59 Å². The van der Waals surface area contributed by atoms with Crippen LogP contribution in [0.2, 0.25) is 0 Å². The van der Waals surface area contributed by atoms with E-state index >= 15 is 0 Å². The van der Waals surface area contributed by atoms with E-state index in [0.29, 0.717) is 47.8 Å². The maximum absolute atomic E-state index is 13.2. The second-order valence-corrected chi connectivity index (χ2v) is 13.8. The van der Waals surface area contributed by atoms with Crippen LogP contribution in [0.3, 0.4) is 0 Å². The summed E-state index contributed by atoms with van der Waals surface area (Å²) in [6.45, 7) is 7.40. The van der Waals surface area contributed by atoms with E-state index in [1.165, 1.54) is 64.2 Å². The van der Waals surface area contributed by atoms with Gasteiger partial charge in [0.05, 0.1) is 0 Å². The molecule has 3 heteroatoms. The molecule has 31 heavy (non-hydrogen) atoms. The van der Waals surface area contributed by atoms with Gasteiger partial charge < -0.3 is 0 Å². The van der Waals surface area contributed by atoms with E-state index in [4.69, 9.17) is 0 Å².